The molecule has 0 bridgehead atoms. The van der Waals surface area contributed by atoms with Crippen LogP contribution in [0.25, 0.3) is 11.0 Å². The van der Waals surface area contributed by atoms with Crippen LogP contribution in [0.3, 0.4) is 0 Å². The molecule has 0 aliphatic rings. The van der Waals surface area contributed by atoms with Gasteiger partial charge in [-0.1, -0.05) is 18.2 Å². The molecule has 0 unspecified atom stereocenters. The number of carbonyl (C=O) groups is 1. The highest BCUT2D eigenvalue weighted by Crippen LogP contribution is 2.33. The smallest absolute Gasteiger partial charge is 0.307 e. The number of para-hydroxylation sites is 1. The van der Waals surface area contributed by atoms with Crippen molar-refractivity contribution in [2.24, 2.45) is 5.10 Å². The van der Waals surface area contributed by atoms with Crippen LogP contribution in [-0.4, -0.2) is 25.8 Å². The van der Waals surface area contributed by atoms with E-state index in [1.807, 2.05) is 24.3 Å². The standard InChI is InChI=1S/C19H14IN3O4/c1-25-16-9-12(8-14(20)18(16)26-7-6-21)11-22-23-19(24)17-10-13-4-2-3-5-15(13)27-17/h2-5,8-11H,7H2,1H3,(H,23,24). The fourth-order valence-electron chi connectivity index (χ4n) is 2.37. The van der Waals surface area contributed by atoms with Crippen LogP contribution in [0.4, 0.5) is 0 Å². The summed E-state index contributed by atoms with van der Waals surface area (Å²) in [5.74, 6) is 0.698. The molecule has 2 aromatic carbocycles. The summed E-state index contributed by atoms with van der Waals surface area (Å²) in [6.07, 6.45) is 1.49. The first-order chi connectivity index (χ1) is 13.1. The molecule has 0 atom stereocenters. The zero-order valence-electron chi connectivity index (χ0n) is 14.2. The summed E-state index contributed by atoms with van der Waals surface area (Å²) in [7, 11) is 1.51. The number of halogens is 1. The Bertz CT molecular complexity index is 1020. The molecule has 0 saturated carbocycles. The van der Waals surface area contributed by atoms with Crippen LogP contribution in [-0.2, 0) is 0 Å². The van der Waals surface area contributed by atoms with Crippen molar-refractivity contribution < 1.29 is 18.7 Å². The molecule has 1 N–H and O–H groups in total. The third-order valence-corrected chi connectivity index (χ3v) is 4.36. The molecule has 3 aromatic rings. The van der Waals surface area contributed by atoms with Gasteiger partial charge >= 0.3 is 5.91 Å². The molecule has 1 aromatic heterocycles. The molecule has 0 saturated heterocycles. The minimum absolute atomic E-state index is 0.0760. The van der Waals surface area contributed by atoms with Gasteiger partial charge in [-0.25, -0.2) is 5.43 Å². The van der Waals surface area contributed by atoms with Crippen molar-refractivity contribution >= 4 is 45.7 Å². The number of amides is 1. The number of rotatable bonds is 6. The summed E-state index contributed by atoms with van der Waals surface area (Å²) >= 11 is 2.08. The van der Waals surface area contributed by atoms with Crippen molar-refractivity contribution in [3.05, 3.63) is 57.4 Å². The van der Waals surface area contributed by atoms with Gasteiger partial charge in [0.15, 0.2) is 23.9 Å². The van der Waals surface area contributed by atoms with Crippen molar-refractivity contribution in [3.63, 3.8) is 0 Å². The maximum absolute atomic E-state index is 12.2. The van der Waals surface area contributed by atoms with Crippen LogP contribution in [0.2, 0.25) is 0 Å². The number of hydrogen-bond acceptors (Lipinski definition) is 6. The number of ether oxygens (including phenoxy) is 2. The monoisotopic (exact) mass is 475 g/mol. The van der Waals surface area contributed by atoms with Gasteiger partial charge < -0.3 is 13.9 Å². The second-order valence-corrected chi connectivity index (χ2v) is 6.49. The van der Waals surface area contributed by atoms with Gasteiger partial charge in [-0.3, -0.25) is 4.79 Å². The first-order valence-electron chi connectivity index (χ1n) is 7.81. The van der Waals surface area contributed by atoms with Gasteiger partial charge in [-0.15, -0.1) is 0 Å². The Hall–Kier alpha value is -3.06. The van der Waals surface area contributed by atoms with E-state index in [2.05, 4.69) is 33.1 Å². The molecule has 7 nitrogen and oxygen atoms in total. The molecule has 0 aliphatic heterocycles. The van der Waals surface area contributed by atoms with E-state index in [1.165, 1.54) is 13.3 Å². The fourth-order valence-corrected chi connectivity index (χ4v) is 3.15. The zero-order valence-corrected chi connectivity index (χ0v) is 16.4. The van der Waals surface area contributed by atoms with Gasteiger partial charge in [0, 0.05) is 5.39 Å². The second kappa shape index (κ2) is 8.55. The number of nitrogens with zero attached hydrogens (tertiary/aromatic N) is 2. The van der Waals surface area contributed by atoms with E-state index < -0.39 is 5.91 Å². The van der Waals surface area contributed by atoms with Crippen LogP contribution < -0.4 is 14.9 Å². The van der Waals surface area contributed by atoms with Gasteiger partial charge in [-0.2, -0.15) is 10.4 Å². The lowest BCUT2D eigenvalue weighted by Crippen LogP contribution is -2.16. The van der Waals surface area contributed by atoms with Crippen molar-refractivity contribution in [1.29, 1.82) is 5.26 Å². The molecule has 3 rings (SSSR count). The quantitative estimate of drug-likeness (QED) is 0.333. The number of hydrogen-bond donors (Lipinski definition) is 1. The molecule has 136 valence electrons. The van der Waals surface area contributed by atoms with E-state index in [0.29, 0.717) is 22.6 Å². The Labute approximate surface area is 168 Å². The number of methoxy groups -OCH3 is 1. The van der Waals surface area contributed by atoms with Crippen LogP contribution >= 0.6 is 22.6 Å². The molecule has 0 aliphatic carbocycles. The summed E-state index contributed by atoms with van der Waals surface area (Å²) in [5.41, 5.74) is 3.77. The third-order valence-electron chi connectivity index (χ3n) is 3.56. The maximum atomic E-state index is 12.2. The van der Waals surface area contributed by atoms with Gasteiger partial charge in [0.2, 0.25) is 0 Å². The number of furan rings is 1. The van der Waals surface area contributed by atoms with Crippen molar-refractivity contribution in [2.45, 2.75) is 0 Å². The first kappa shape index (κ1) is 18.7. The summed E-state index contributed by atoms with van der Waals surface area (Å²) < 4.78 is 16.9. The molecular formula is C19H14IN3O4. The Morgan fingerprint density at radius 3 is 2.93 bits per heavy atom. The van der Waals surface area contributed by atoms with E-state index in [-0.39, 0.29) is 12.4 Å². The highest BCUT2D eigenvalue weighted by molar-refractivity contribution is 14.1. The van der Waals surface area contributed by atoms with Crippen molar-refractivity contribution in [1.82, 2.24) is 5.43 Å². The normalized spacial score (nSPS) is 10.7. The predicted octanol–water partition coefficient (Wildman–Crippen LogP) is 3.71. The van der Waals surface area contributed by atoms with Crippen LogP contribution in [0.1, 0.15) is 16.1 Å². The number of fused-ring (bicyclic) bond motifs is 1. The van der Waals surface area contributed by atoms with E-state index in [4.69, 9.17) is 19.2 Å². The minimum Gasteiger partial charge on any atom is -0.493 e. The minimum atomic E-state index is -0.446. The lowest BCUT2D eigenvalue weighted by molar-refractivity contribution is 0.0929. The topological polar surface area (TPSA) is 96.8 Å². The van der Waals surface area contributed by atoms with E-state index in [0.717, 1.165) is 8.96 Å². The Balaban J connectivity index is 1.72. The number of carbonyl (C=O) groups excluding carboxylic acids is 1. The molecule has 27 heavy (non-hydrogen) atoms. The van der Waals surface area contributed by atoms with E-state index in [9.17, 15) is 4.79 Å². The fraction of sp³-hybridized carbons (Fsp3) is 0.105. The number of hydrazone groups is 1. The summed E-state index contributed by atoms with van der Waals surface area (Å²) in [4.78, 5) is 12.2. The summed E-state index contributed by atoms with van der Waals surface area (Å²) in [5, 5.41) is 13.5. The molecule has 8 heteroatoms. The van der Waals surface area contributed by atoms with E-state index in [1.54, 1.807) is 24.3 Å². The average Bonchev–Trinajstić information content (AvgIpc) is 3.11. The van der Waals surface area contributed by atoms with Crippen LogP contribution in [0.15, 0.2) is 52.0 Å². The second-order valence-electron chi connectivity index (χ2n) is 5.33. The van der Waals surface area contributed by atoms with Crippen molar-refractivity contribution in [2.75, 3.05) is 13.7 Å². The molecule has 0 radical (unpaired) electrons. The Morgan fingerprint density at radius 2 is 2.19 bits per heavy atom. The van der Waals surface area contributed by atoms with Crippen LogP contribution in [0, 0.1) is 14.9 Å². The third kappa shape index (κ3) is 4.38. The Morgan fingerprint density at radius 1 is 1.37 bits per heavy atom. The van der Waals surface area contributed by atoms with Crippen molar-refractivity contribution in [3.8, 4) is 17.6 Å². The van der Waals surface area contributed by atoms with Crippen LogP contribution in [0.5, 0.6) is 11.5 Å². The van der Waals surface area contributed by atoms with Gasteiger partial charge in [-0.05, 0) is 52.4 Å². The highest BCUT2D eigenvalue weighted by Gasteiger charge is 2.12. The van der Waals surface area contributed by atoms with Gasteiger partial charge in [0.1, 0.15) is 11.7 Å². The predicted molar refractivity (Wildman–Crippen MR) is 108 cm³/mol. The first-order valence-corrected chi connectivity index (χ1v) is 8.89. The number of nitrogens with one attached hydrogen (secondary N) is 1. The number of benzene rings is 2. The zero-order chi connectivity index (χ0) is 19.2. The van der Waals surface area contributed by atoms with E-state index >= 15 is 0 Å². The molecule has 0 spiro atoms. The van der Waals surface area contributed by atoms with Gasteiger partial charge in [0.05, 0.1) is 16.9 Å². The van der Waals surface area contributed by atoms with Gasteiger partial charge in [0.25, 0.3) is 0 Å². The SMILES string of the molecule is COc1cc(C=NNC(=O)c2cc3ccccc3o2)cc(I)c1OCC#N. The highest BCUT2D eigenvalue weighted by atomic mass is 127. The summed E-state index contributed by atoms with van der Waals surface area (Å²) in [6.45, 7) is -0.0760. The molecule has 0 fully saturated rings. The largest absolute Gasteiger partial charge is 0.493 e. The average molecular weight is 475 g/mol. The molecule has 1 heterocycles. The Kier molecular flexibility index (Phi) is 5.93. The number of nitriles is 1. The lowest BCUT2D eigenvalue weighted by atomic mass is 10.2. The molecular weight excluding hydrogens is 461 g/mol. The summed E-state index contributed by atoms with van der Waals surface area (Å²) in [6, 6.07) is 14.4. The lowest BCUT2D eigenvalue weighted by Gasteiger charge is -2.11. The maximum Gasteiger partial charge on any atom is 0.307 e. The molecule has 1 amide bonds.